The molecule has 158 valence electrons. The Labute approximate surface area is 166 Å². The summed E-state index contributed by atoms with van der Waals surface area (Å²) < 4.78 is 11.3. The molecule has 2 amide bonds. The number of aliphatic carboxylic acids is 1. The van der Waals surface area contributed by atoms with Gasteiger partial charge in [-0.25, -0.2) is 9.59 Å². The highest BCUT2D eigenvalue weighted by Crippen LogP contribution is 2.35. The summed E-state index contributed by atoms with van der Waals surface area (Å²) in [6.45, 7) is 5.81. The molecule has 0 fully saturated rings. The maximum Gasteiger partial charge on any atom is 0.344 e. The van der Waals surface area contributed by atoms with Crippen LogP contribution in [0.15, 0.2) is 24.3 Å². The maximum absolute atomic E-state index is 12.5. The van der Waals surface area contributed by atoms with Gasteiger partial charge in [-0.3, -0.25) is 4.57 Å². The van der Waals surface area contributed by atoms with Crippen LogP contribution in [0.2, 0.25) is 0 Å². The fraction of sp³-hybridized carbons (Fsp3) is 0.579. The van der Waals surface area contributed by atoms with Gasteiger partial charge >= 0.3 is 19.6 Å². The van der Waals surface area contributed by atoms with Gasteiger partial charge in [0.1, 0.15) is 12.3 Å². The number of aryl methyl sites for hydroxylation is 1. The molecule has 0 aromatic heterocycles. The van der Waals surface area contributed by atoms with Gasteiger partial charge in [0.05, 0.1) is 0 Å². The molecule has 0 radical (unpaired) electrons. The van der Waals surface area contributed by atoms with Crippen molar-refractivity contribution in [1.82, 2.24) is 10.2 Å². The van der Waals surface area contributed by atoms with Gasteiger partial charge in [-0.2, -0.15) is 0 Å². The number of carboxylic acid groups (broad SMARTS) is 1. The highest BCUT2D eigenvalue weighted by Gasteiger charge is 2.28. The smallest absolute Gasteiger partial charge is 0.344 e. The van der Waals surface area contributed by atoms with E-state index in [0.717, 1.165) is 35.3 Å². The maximum atomic E-state index is 12.5. The molecule has 1 rings (SSSR count). The predicted molar refractivity (Wildman–Crippen MR) is 107 cm³/mol. The van der Waals surface area contributed by atoms with Crippen molar-refractivity contribution in [2.45, 2.75) is 52.5 Å². The van der Waals surface area contributed by atoms with Crippen molar-refractivity contribution in [3.8, 4) is 0 Å². The van der Waals surface area contributed by atoms with Crippen LogP contribution in [0, 0.1) is 5.92 Å². The van der Waals surface area contributed by atoms with Crippen LogP contribution in [-0.2, 0) is 22.2 Å². The van der Waals surface area contributed by atoms with E-state index in [2.05, 4.69) is 12.2 Å². The molecule has 0 aliphatic carbocycles. The number of nitrogens with one attached hydrogen (secondary N) is 1. The van der Waals surface area contributed by atoms with E-state index >= 15 is 0 Å². The van der Waals surface area contributed by atoms with E-state index in [1.54, 1.807) is 19.9 Å². The molecule has 1 aromatic rings. The SMILES string of the molecule is CCCCc1cccc(C[C@H](NC(=O)N(CC(C)C)CP(=O)(O)O)C(=O)O)c1. The van der Waals surface area contributed by atoms with Crippen LogP contribution in [0.4, 0.5) is 4.79 Å². The normalized spacial score (nSPS) is 12.6. The molecular formula is C19H31N2O6P. The van der Waals surface area contributed by atoms with Crippen molar-refractivity contribution < 1.29 is 29.0 Å². The van der Waals surface area contributed by atoms with Crippen LogP contribution in [-0.4, -0.2) is 50.7 Å². The molecule has 8 nitrogen and oxygen atoms in total. The fourth-order valence-corrected chi connectivity index (χ4v) is 3.53. The first-order valence-electron chi connectivity index (χ1n) is 9.42. The minimum atomic E-state index is -4.47. The molecule has 0 bridgehead atoms. The van der Waals surface area contributed by atoms with Gasteiger partial charge in [-0.15, -0.1) is 0 Å². The average molecular weight is 414 g/mol. The molecule has 1 aromatic carbocycles. The van der Waals surface area contributed by atoms with Crippen LogP contribution in [0.25, 0.3) is 0 Å². The fourth-order valence-electron chi connectivity index (χ4n) is 2.84. The van der Waals surface area contributed by atoms with Gasteiger partial charge < -0.3 is 25.1 Å². The van der Waals surface area contributed by atoms with Gasteiger partial charge in [0, 0.05) is 13.0 Å². The summed E-state index contributed by atoms with van der Waals surface area (Å²) in [5, 5.41) is 11.9. The van der Waals surface area contributed by atoms with E-state index in [9.17, 15) is 29.0 Å². The molecule has 0 spiro atoms. The minimum absolute atomic E-state index is 0.0316. The predicted octanol–water partition coefficient (Wildman–Crippen LogP) is 2.83. The topological polar surface area (TPSA) is 127 Å². The summed E-state index contributed by atoms with van der Waals surface area (Å²) >= 11 is 0. The summed E-state index contributed by atoms with van der Waals surface area (Å²) in [6.07, 6.45) is 2.33. The van der Waals surface area contributed by atoms with Crippen molar-refractivity contribution in [2.24, 2.45) is 5.92 Å². The molecule has 9 heteroatoms. The number of rotatable bonds is 11. The number of urea groups is 1. The first kappa shape index (κ1) is 24.1. The lowest BCUT2D eigenvalue weighted by atomic mass is 10.0. The second-order valence-electron chi connectivity index (χ2n) is 7.39. The Bertz CT molecular complexity index is 703. The summed E-state index contributed by atoms with van der Waals surface area (Å²) in [4.78, 5) is 43.5. The van der Waals surface area contributed by atoms with E-state index in [4.69, 9.17) is 0 Å². The van der Waals surface area contributed by atoms with Crippen molar-refractivity contribution in [3.05, 3.63) is 35.4 Å². The average Bonchev–Trinajstić information content (AvgIpc) is 2.57. The van der Waals surface area contributed by atoms with Crippen molar-refractivity contribution in [3.63, 3.8) is 0 Å². The zero-order valence-corrected chi connectivity index (χ0v) is 17.6. The van der Waals surface area contributed by atoms with E-state index in [1.165, 1.54) is 0 Å². The quantitative estimate of drug-likeness (QED) is 0.412. The first-order valence-corrected chi connectivity index (χ1v) is 11.2. The third-order valence-corrected chi connectivity index (χ3v) is 4.78. The van der Waals surface area contributed by atoms with Crippen LogP contribution in [0.5, 0.6) is 0 Å². The molecule has 0 saturated carbocycles. The molecule has 0 unspecified atom stereocenters. The zero-order chi connectivity index (χ0) is 21.3. The molecule has 0 aliphatic rings. The Balaban J connectivity index is 2.88. The van der Waals surface area contributed by atoms with E-state index in [0.29, 0.717) is 0 Å². The highest BCUT2D eigenvalue weighted by molar-refractivity contribution is 7.51. The monoisotopic (exact) mass is 414 g/mol. The Kier molecular flexibility index (Phi) is 9.65. The second-order valence-corrected chi connectivity index (χ2v) is 9.00. The summed E-state index contributed by atoms with van der Waals surface area (Å²) in [5.74, 6) is -1.23. The van der Waals surface area contributed by atoms with Gasteiger partial charge in [0.2, 0.25) is 0 Å². The summed E-state index contributed by atoms with van der Waals surface area (Å²) in [7, 11) is -4.47. The van der Waals surface area contributed by atoms with Crippen LogP contribution in [0.3, 0.4) is 0 Å². The Morgan fingerprint density at radius 2 is 1.86 bits per heavy atom. The molecule has 1 atom stereocenters. The van der Waals surface area contributed by atoms with Crippen LogP contribution >= 0.6 is 7.60 Å². The zero-order valence-electron chi connectivity index (χ0n) is 16.7. The van der Waals surface area contributed by atoms with E-state index < -0.39 is 31.9 Å². The third-order valence-electron chi connectivity index (χ3n) is 4.07. The van der Waals surface area contributed by atoms with Crippen LogP contribution in [0.1, 0.15) is 44.7 Å². The molecule has 0 saturated heterocycles. The number of hydrogen-bond donors (Lipinski definition) is 4. The van der Waals surface area contributed by atoms with Gasteiger partial charge in [-0.1, -0.05) is 51.5 Å². The molecular weight excluding hydrogens is 383 g/mol. The first-order chi connectivity index (χ1) is 13.0. The molecule has 4 N–H and O–H groups in total. The largest absolute Gasteiger partial charge is 0.480 e. The highest BCUT2D eigenvalue weighted by atomic mass is 31.2. The Hall–Kier alpha value is -1.89. The Morgan fingerprint density at radius 1 is 1.21 bits per heavy atom. The molecule has 28 heavy (non-hydrogen) atoms. The number of hydrogen-bond acceptors (Lipinski definition) is 3. The van der Waals surface area contributed by atoms with E-state index in [-0.39, 0.29) is 18.9 Å². The number of carboxylic acids is 1. The number of unbranched alkanes of at least 4 members (excludes halogenated alkanes) is 1. The van der Waals surface area contributed by atoms with Crippen molar-refractivity contribution in [2.75, 3.05) is 12.8 Å². The van der Waals surface area contributed by atoms with Gasteiger partial charge in [0.15, 0.2) is 0 Å². The van der Waals surface area contributed by atoms with Crippen molar-refractivity contribution in [1.29, 1.82) is 0 Å². The third kappa shape index (κ3) is 9.35. The lowest BCUT2D eigenvalue weighted by Gasteiger charge is -2.27. The van der Waals surface area contributed by atoms with Gasteiger partial charge in [0.25, 0.3) is 0 Å². The minimum Gasteiger partial charge on any atom is -0.480 e. The summed E-state index contributed by atoms with van der Waals surface area (Å²) in [6, 6.07) is 5.59. The Morgan fingerprint density at radius 3 is 2.39 bits per heavy atom. The second kappa shape index (κ2) is 11.2. The number of carbonyl (C=O) groups excluding carboxylic acids is 1. The number of carbonyl (C=O) groups is 2. The molecule has 0 heterocycles. The lowest BCUT2D eigenvalue weighted by molar-refractivity contribution is -0.139. The van der Waals surface area contributed by atoms with Crippen molar-refractivity contribution >= 4 is 19.6 Å². The lowest BCUT2D eigenvalue weighted by Crippen LogP contribution is -2.50. The molecule has 0 aliphatic heterocycles. The van der Waals surface area contributed by atoms with Crippen LogP contribution < -0.4 is 5.32 Å². The number of benzene rings is 1. The van der Waals surface area contributed by atoms with E-state index in [1.807, 2.05) is 18.2 Å². The summed E-state index contributed by atoms with van der Waals surface area (Å²) in [5.41, 5.74) is 1.89. The standard InChI is InChI=1S/C19H31N2O6P/c1-4-5-7-15-8-6-9-16(10-15)11-17(18(22)23)20-19(24)21(12-14(2)3)13-28(25,26)27/h6,8-10,14,17H,4-5,7,11-13H2,1-3H3,(H,20,24)(H,22,23)(H2,25,26,27)/t17-/m0/s1. The van der Waals surface area contributed by atoms with Gasteiger partial charge in [-0.05, 0) is 29.9 Å². The number of nitrogens with zero attached hydrogens (tertiary/aromatic N) is 1. The number of amides is 2.